The van der Waals surface area contributed by atoms with Crippen LogP contribution in [0.5, 0.6) is 0 Å². The minimum absolute atomic E-state index is 0.855. The van der Waals surface area contributed by atoms with Crippen molar-refractivity contribution < 1.29 is 4.42 Å². The fourth-order valence-electron chi connectivity index (χ4n) is 7.54. The van der Waals surface area contributed by atoms with E-state index in [1.54, 1.807) is 0 Å². The van der Waals surface area contributed by atoms with E-state index in [2.05, 4.69) is 187 Å². The molecule has 0 saturated heterocycles. The Bertz CT molecular complexity index is 2880. The highest BCUT2D eigenvalue weighted by molar-refractivity contribution is 6.24. The molecular formula is C48H31NO. The fraction of sp³-hybridized carbons (Fsp3) is 0. The minimum Gasteiger partial charge on any atom is -0.453 e. The first kappa shape index (κ1) is 28.4. The predicted octanol–water partition coefficient (Wildman–Crippen LogP) is 13.8. The molecular weight excluding hydrogens is 607 g/mol. The maximum absolute atomic E-state index is 6.82. The Morgan fingerprint density at radius 1 is 0.340 bits per heavy atom. The van der Waals surface area contributed by atoms with Gasteiger partial charge >= 0.3 is 0 Å². The van der Waals surface area contributed by atoms with Crippen LogP contribution in [0.2, 0.25) is 0 Å². The summed E-state index contributed by atoms with van der Waals surface area (Å²) in [5.74, 6) is 0. The molecule has 0 bridgehead atoms. The van der Waals surface area contributed by atoms with Crippen molar-refractivity contribution in [1.29, 1.82) is 0 Å². The molecule has 0 spiro atoms. The highest BCUT2D eigenvalue weighted by Gasteiger charge is 2.18. The number of benzene rings is 9. The Balaban J connectivity index is 1.07. The van der Waals surface area contributed by atoms with E-state index in [4.69, 9.17) is 4.42 Å². The van der Waals surface area contributed by atoms with Crippen LogP contribution < -0.4 is 5.32 Å². The molecule has 9 aromatic carbocycles. The van der Waals surface area contributed by atoms with Crippen molar-refractivity contribution in [3.63, 3.8) is 0 Å². The van der Waals surface area contributed by atoms with Gasteiger partial charge in [0.1, 0.15) is 5.58 Å². The van der Waals surface area contributed by atoms with Crippen LogP contribution >= 0.6 is 0 Å². The minimum atomic E-state index is 0.855. The van der Waals surface area contributed by atoms with Crippen molar-refractivity contribution in [2.45, 2.75) is 0 Å². The fourth-order valence-corrected chi connectivity index (χ4v) is 7.54. The maximum atomic E-state index is 6.82. The van der Waals surface area contributed by atoms with Crippen molar-refractivity contribution >= 4 is 65.6 Å². The van der Waals surface area contributed by atoms with Gasteiger partial charge in [0, 0.05) is 22.0 Å². The average Bonchev–Trinajstić information content (AvgIpc) is 3.59. The zero-order chi connectivity index (χ0) is 33.0. The first-order valence-electron chi connectivity index (χ1n) is 17.1. The molecule has 0 amide bonds. The van der Waals surface area contributed by atoms with E-state index in [1.165, 1.54) is 54.6 Å². The molecule has 1 heterocycles. The van der Waals surface area contributed by atoms with E-state index in [-0.39, 0.29) is 0 Å². The van der Waals surface area contributed by atoms with Crippen molar-refractivity contribution in [3.8, 4) is 33.4 Å². The summed E-state index contributed by atoms with van der Waals surface area (Å²) in [7, 11) is 0. The van der Waals surface area contributed by atoms with Gasteiger partial charge < -0.3 is 9.73 Å². The van der Waals surface area contributed by atoms with Crippen molar-refractivity contribution in [1.82, 2.24) is 0 Å². The molecule has 234 valence electrons. The van der Waals surface area contributed by atoms with Crippen molar-refractivity contribution in [2.24, 2.45) is 0 Å². The lowest BCUT2D eigenvalue weighted by Gasteiger charge is -2.14. The maximum Gasteiger partial charge on any atom is 0.158 e. The molecule has 50 heavy (non-hydrogen) atoms. The van der Waals surface area contributed by atoms with E-state index in [1.807, 2.05) is 0 Å². The van der Waals surface area contributed by atoms with Crippen LogP contribution in [0.15, 0.2) is 186 Å². The standard InChI is InChI=1S/C48H31NO/c1-2-12-32(13-3-1)44-30-37-17-8-9-18-40(37)46-41-19-10-20-45(47(41)50-48(44)46)49-39-25-23-33(24-26-39)42-28-35-15-6-7-16-36(35)29-43(42)38-22-21-31-11-4-5-14-34(31)27-38/h1-30,49H. The summed E-state index contributed by atoms with van der Waals surface area (Å²) in [5, 5.41) is 13.3. The molecule has 2 heteroatoms. The summed E-state index contributed by atoms with van der Waals surface area (Å²) in [6.07, 6.45) is 0. The Hall–Kier alpha value is -6.64. The lowest BCUT2D eigenvalue weighted by Crippen LogP contribution is -1.91. The van der Waals surface area contributed by atoms with E-state index in [9.17, 15) is 0 Å². The number of hydrogen-bond acceptors (Lipinski definition) is 2. The summed E-state index contributed by atoms with van der Waals surface area (Å²) < 4.78 is 6.82. The monoisotopic (exact) mass is 637 g/mol. The molecule has 10 rings (SSSR count). The molecule has 0 aliphatic rings. The molecule has 0 unspecified atom stereocenters. The van der Waals surface area contributed by atoms with Gasteiger partial charge in [0.2, 0.25) is 0 Å². The van der Waals surface area contributed by atoms with Gasteiger partial charge in [-0.3, -0.25) is 0 Å². The topological polar surface area (TPSA) is 25.2 Å². The van der Waals surface area contributed by atoms with Crippen LogP contribution in [-0.2, 0) is 0 Å². The average molecular weight is 638 g/mol. The van der Waals surface area contributed by atoms with Crippen LogP contribution in [0.25, 0.3) is 87.6 Å². The van der Waals surface area contributed by atoms with Gasteiger partial charge in [0.05, 0.1) is 5.69 Å². The molecule has 2 nitrogen and oxygen atoms in total. The summed E-state index contributed by atoms with van der Waals surface area (Å²) in [4.78, 5) is 0. The molecule has 0 aliphatic heterocycles. The number of rotatable bonds is 5. The Labute approximate surface area is 289 Å². The molecule has 1 N–H and O–H groups in total. The number of furan rings is 1. The molecule has 0 saturated carbocycles. The van der Waals surface area contributed by atoms with Gasteiger partial charge in [-0.05, 0) is 103 Å². The zero-order valence-corrected chi connectivity index (χ0v) is 27.2. The lowest BCUT2D eigenvalue weighted by molar-refractivity contribution is 0.671. The summed E-state index contributed by atoms with van der Waals surface area (Å²) in [6.45, 7) is 0. The third kappa shape index (κ3) is 4.73. The van der Waals surface area contributed by atoms with Crippen LogP contribution in [0.3, 0.4) is 0 Å². The second-order valence-electron chi connectivity index (χ2n) is 13.0. The van der Waals surface area contributed by atoms with E-state index < -0.39 is 0 Å². The number of anilines is 2. The molecule has 0 aliphatic carbocycles. The summed E-state index contributed by atoms with van der Waals surface area (Å²) >= 11 is 0. The number of hydrogen-bond donors (Lipinski definition) is 1. The molecule has 0 radical (unpaired) electrons. The second kappa shape index (κ2) is 11.5. The number of para-hydroxylation sites is 1. The lowest BCUT2D eigenvalue weighted by atomic mass is 9.90. The Kier molecular flexibility index (Phi) is 6.53. The number of fused-ring (bicyclic) bond motifs is 7. The zero-order valence-electron chi connectivity index (χ0n) is 27.2. The SMILES string of the molecule is c1ccc(-c2cc3ccccc3c3c2oc2c(Nc4ccc(-c5cc6ccccc6cc5-c5ccc6ccccc6c5)cc4)cccc23)cc1. The molecule has 1 aromatic heterocycles. The van der Waals surface area contributed by atoms with Gasteiger partial charge in [-0.15, -0.1) is 0 Å². The van der Waals surface area contributed by atoms with Gasteiger partial charge in [0.25, 0.3) is 0 Å². The smallest absolute Gasteiger partial charge is 0.158 e. The molecule has 10 aromatic rings. The van der Waals surface area contributed by atoms with Crippen molar-refractivity contribution in [2.75, 3.05) is 5.32 Å². The van der Waals surface area contributed by atoms with Gasteiger partial charge in [-0.25, -0.2) is 0 Å². The first-order valence-corrected chi connectivity index (χ1v) is 17.1. The van der Waals surface area contributed by atoms with Gasteiger partial charge in [0.15, 0.2) is 5.58 Å². The van der Waals surface area contributed by atoms with Gasteiger partial charge in [-0.1, -0.05) is 140 Å². The molecule has 0 fully saturated rings. The van der Waals surface area contributed by atoms with Gasteiger partial charge in [-0.2, -0.15) is 0 Å². The van der Waals surface area contributed by atoms with Crippen LogP contribution in [-0.4, -0.2) is 0 Å². The summed E-state index contributed by atoms with van der Waals surface area (Å²) in [5.41, 5.74) is 10.8. The third-order valence-corrected chi connectivity index (χ3v) is 10.00. The predicted molar refractivity (Wildman–Crippen MR) is 212 cm³/mol. The van der Waals surface area contributed by atoms with E-state index >= 15 is 0 Å². The van der Waals surface area contributed by atoms with E-state index in [0.29, 0.717) is 0 Å². The number of nitrogens with one attached hydrogen (secondary N) is 1. The van der Waals surface area contributed by atoms with Crippen molar-refractivity contribution in [3.05, 3.63) is 182 Å². The van der Waals surface area contributed by atoms with Crippen LogP contribution in [0, 0.1) is 0 Å². The highest BCUT2D eigenvalue weighted by Crippen LogP contribution is 2.44. The normalized spacial score (nSPS) is 11.6. The first-order chi connectivity index (χ1) is 24.8. The van der Waals surface area contributed by atoms with Crippen LogP contribution in [0.1, 0.15) is 0 Å². The Morgan fingerprint density at radius 3 is 1.66 bits per heavy atom. The Morgan fingerprint density at radius 2 is 0.900 bits per heavy atom. The molecule has 0 atom stereocenters. The second-order valence-corrected chi connectivity index (χ2v) is 13.0. The van der Waals surface area contributed by atoms with Crippen LogP contribution in [0.4, 0.5) is 11.4 Å². The van der Waals surface area contributed by atoms with E-state index in [0.717, 1.165) is 44.4 Å². The third-order valence-electron chi connectivity index (χ3n) is 10.00. The summed E-state index contributed by atoms with van der Waals surface area (Å²) in [6, 6.07) is 65.1. The quantitative estimate of drug-likeness (QED) is 0.203. The highest BCUT2D eigenvalue weighted by atomic mass is 16.3. The largest absolute Gasteiger partial charge is 0.453 e.